The van der Waals surface area contributed by atoms with Gasteiger partial charge in [-0.2, -0.15) is 0 Å². The highest BCUT2D eigenvalue weighted by Crippen LogP contribution is 2.20. The van der Waals surface area contributed by atoms with Gasteiger partial charge in [-0.3, -0.25) is 9.63 Å². The summed E-state index contributed by atoms with van der Waals surface area (Å²) in [6.07, 6.45) is 5.54. The maximum atomic E-state index is 11.8. The molecular weight excluding hydrogens is 278 g/mol. The van der Waals surface area contributed by atoms with E-state index in [0.717, 1.165) is 25.7 Å². The number of carbonyl (C=O) groups excluding carboxylic acids is 1. The smallest absolute Gasteiger partial charge is 0.270 e. The molecule has 0 atom stereocenters. The average molecular weight is 297 g/mol. The second-order valence-corrected chi connectivity index (χ2v) is 7.36. The first-order valence-corrected chi connectivity index (χ1v) is 8.73. The minimum atomic E-state index is -3.06. The van der Waals surface area contributed by atoms with E-state index in [9.17, 15) is 13.2 Å². The van der Waals surface area contributed by atoms with Crippen LogP contribution in [0, 0.1) is 0 Å². The molecule has 1 aliphatic rings. The number of hydroxylamine groups is 1. The molecule has 1 saturated carbocycles. The maximum absolute atomic E-state index is 11.8. The Hall–Kier alpha value is -1.40. The number of carbonyl (C=O) groups is 1. The first-order chi connectivity index (χ1) is 9.44. The number of nitrogens with one attached hydrogen (secondary N) is 1. The van der Waals surface area contributed by atoms with E-state index in [1.165, 1.54) is 6.26 Å². The highest BCUT2D eigenvalue weighted by atomic mass is 32.2. The van der Waals surface area contributed by atoms with Crippen LogP contribution in [-0.4, -0.2) is 26.7 Å². The lowest BCUT2D eigenvalue weighted by Crippen LogP contribution is -2.28. The van der Waals surface area contributed by atoms with Gasteiger partial charge in [-0.25, -0.2) is 13.9 Å². The van der Waals surface area contributed by atoms with E-state index in [2.05, 4.69) is 5.48 Å². The predicted molar refractivity (Wildman–Crippen MR) is 75.8 cm³/mol. The van der Waals surface area contributed by atoms with Crippen LogP contribution >= 0.6 is 0 Å². The Labute approximate surface area is 119 Å². The van der Waals surface area contributed by atoms with Crippen molar-refractivity contribution in [1.82, 2.24) is 5.48 Å². The molecule has 0 spiro atoms. The number of sulfone groups is 1. The van der Waals surface area contributed by atoms with Crippen LogP contribution in [0.5, 0.6) is 0 Å². The van der Waals surface area contributed by atoms with Crippen molar-refractivity contribution in [2.24, 2.45) is 0 Å². The largest absolute Gasteiger partial charge is 0.274 e. The van der Waals surface area contributed by atoms with Crippen molar-refractivity contribution in [3.63, 3.8) is 0 Å². The number of rotatable bonds is 5. The van der Waals surface area contributed by atoms with Gasteiger partial charge in [0, 0.05) is 11.8 Å². The lowest BCUT2D eigenvalue weighted by atomic mass is 10.1. The summed E-state index contributed by atoms with van der Waals surface area (Å²) in [5.41, 5.74) is 3.58. The Morgan fingerprint density at radius 3 is 2.40 bits per heavy atom. The zero-order chi connectivity index (χ0) is 14.6. The van der Waals surface area contributed by atoms with Gasteiger partial charge in [0.1, 0.15) is 0 Å². The third-order valence-electron chi connectivity index (χ3n) is 3.27. The van der Waals surface area contributed by atoms with Crippen molar-refractivity contribution in [1.29, 1.82) is 0 Å². The highest BCUT2D eigenvalue weighted by molar-refractivity contribution is 7.89. The molecule has 0 aliphatic heterocycles. The Kier molecular flexibility index (Phi) is 4.77. The molecule has 1 fully saturated rings. The van der Waals surface area contributed by atoms with Crippen molar-refractivity contribution in [3.8, 4) is 0 Å². The summed E-state index contributed by atoms with van der Waals surface area (Å²) in [5.74, 6) is -0.323. The summed E-state index contributed by atoms with van der Waals surface area (Å²) in [6.45, 7) is 0. The van der Waals surface area contributed by atoms with E-state index in [1.807, 2.05) is 0 Å². The molecule has 1 N–H and O–H groups in total. The van der Waals surface area contributed by atoms with E-state index in [1.54, 1.807) is 24.3 Å². The molecule has 0 radical (unpaired) electrons. The molecule has 0 saturated heterocycles. The first kappa shape index (κ1) is 15.0. The summed E-state index contributed by atoms with van der Waals surface area (Å²) in [6, 6.07) is 6.50. The fourth-order valence-electron chi connectivity index (χ4n) is 2.26. The predicted octanol–water partition coefficient (Wildman–Crippen LogP) is 1.84. The minimum Gasteiger partial charge on any atom is -0.270 e. The van der Waals surface area contributed by atoms with E-state index < -0.39 is 9.84 Å². The van der Waals surface area contributed by atoms with Crippen LogP contribution in [0.25, 0.3) is 0 Å². The van der Waals surface area contributed by atoms with Crippen LogP contribution in [-0.2, 0) is 20.4 Å². The van der Waals surface area contributed by atoms with Gasteiger partial charge in [0.2, 0.25) is 0 Å². The van der Waals surface area contributed by atoms with Gasteiger partial charge < -0.3 is 0 Å². The van der Waals surface area contributed by atoms with Crippen LogP contribution in [0.1, 0.15) is 41.6 Å². The fourth-order valence-corrected chi connectivity index (χ4v) is 3.06. The zero-order valence-corrected chi connectivity index (χ0v) is 12.3. The van der Waals surface area contributed by atoms with Gasteiger partial charge in [-0.15, -0.1) is 0 Å². The van der Waals surface area contributed by atoms with Crippen LogP contribution in [0.4, 0.5) is 0 Å². The first-order valence-electron chi connectivity index (χ1n) is 6.67. The highest BCUT2D eigenvalue weighted by Gasteiger charge is 2.17. The monoisotopic (exact) mass is 297 g/mol. The van der Waals surface area contributed by atoms with Gasteiger partial charge in [0.25, 0.3) is 5.91 Å². The molecule has 0 bridgehead atoms. The zero-order valence-electron chi connectivity index (χ0n) is 11.5. The van der Waals surface area contributed by atoms with Crippen LogP contribution in [0.2, 0.25) is 0 Å². The molecule has 0 aromatic heterocycles. The van der Waals surface area contributed by atoms with E-state index in [4.69, 9.17) is 4.84 Å². The molecule has 1 aromatic carbocycles. The van der Waals surface area contributed by atoms with Gasteiger partial charge >= 0.3 is 0 Å². The lowest BCUT2D eigenvalue weighted by molar-refractivity contribution is -0.0124. The lowest BCUT2D eigenvalue weighted by Gasteiger charge is -2.11. The quantitative estimate of drug-likeness (QED) is 0.842. The van der Waals surface area contributed by atoms with E-state index in [-0.39, 0.29) is 17.8 Å². The minimum absolute atomic E-state index is 0.0204. The Balaban J connectivity index is 1.90. The number of hydrogen-bond acceptors (Lipinski definition) is 4. The molecule has 5 nitrogen and oxygen atoms in total. The van der Waals surface area contributed by atoms with Gasteiger partial charge in [-0.1, -0.05) is 25.0 Å². The standard InChI is InChI=1S/C14H19NO4S/c1-20(17,18)10-11-6-8-12(9-7-11)14(16)15-19-13-4-2-3-5-13/h6-9,13H,2-5,10H2,1H3,(H,15,16). The molecule has 1 amide bonds. The molecule has 110 valence electrons. The Morgan fingerprint density at radius 2 is 1.85 bits per heavy atom. The molecule has 1 aliphatic carbocycles. The topological polar surface area (TPSA) is 72.5 Å². The van der Waals surface area contributed by atoms with Gasteiger partial charge in [0.05, 0.1) is 11.9 Å². The van der Waals surface area contributed by atoms with Gasteiger partial charge in [-0.05, 0) is 30.5 Å². The SMILES string of the molecule is CS(=O)(=O)Cc1ccc(C(=O)NOC2CCCC2)cc1. The maximum Gasteiger partial charge on any atom is 0.274 e. The van der Waals surface area contributed by atoms with Gasteiger partial charge in [0.15, 0.2) is 9.84 Å². The molecule has 1 aromatic rings. The number of benzene rings is 1. The van der Waals surface area contributed by atoms with E-state index in [0.29, 0.717) is 11.1 Å². The normalized spacial score (nSPS) is 16.2. The molecule has 20 heavy (non-hydrogen) atoms. The number of amides is 1. The van der Waals surface area contributed by atoms with Crippen molar-refractivity contribution < 1.29 is 18.0 Å². The van der Waals surface area contributed by atoms with Crippen LogP contribution in [0.3, 0.4) is 0 Å². The molecule has 2 rings (SSSR count). The van der Waals surface area contributed by atoms with E-state index >= 15 is 0 Å². The van der Waals surface area contributed by atoms with Crippen LogP contribution in [0.15, 0.2) is 24.3 Å². The summed E-state index contributed by atoms with van der Waals surface area (Å²) in [4.78, 5) is 17.2. The molecule has 0 heterocycles. The molecule has 0 unspecified atom stereocenters. The average Bonchev–Trinajstić information content (AvgIpc) is 2.88. The third-order valence-corrected chi connectivity index (χ3v) is 4.12. The van der Waals surface area contributed by atoms with Crippen molar-refractivity contribution in [2.45, 2.75) is 37.5 Å². The summed E-state index contributed by atoms with van der Waals surface area (Å²) in [5, 5.41) is 0. The summed E-state index contributed by atoms with van der Waals surface area (Å²) >= 11 is 0. The molecule has 6 heteroatoms. The van der Waals surface area contributed by atoms with Crippen molar-refractivity contribution >= 4 is 15.7 Å². The molecular formula is C14H19NO4S. The fraction of sp³-hybridized carbons (Fsp3) is 0.500. The van der Waals surface area contributed by atoms with Crippen molar-refractivity contribution in [3.05, 3.63) is 35.4 Å². The third kappa shape index (κ3) is 4.61. The Morgan fingerprint density at radius 1 is 1.25 bits per heavy atom. The Bertz CT molecular complexity index is 559. The van der Waals surface area contributed by atoms with Crippen LogP contribution < -0.4 is 5.48 Å². The second-order valence-electron chi connectivity index (χ2n) is 5.22. The second kappa shape index (κ2) is 6.37. The summed E-state index contributed by atoms with van der Waals surface area (Å²) < 4.78 is 22.3. The number of hydrogen-bond donors (Lipinski definition) is 1. The summed E-state index contributed by atoms with van der Waals surface area (Å²) in [7, 11) is -3.06. The van der Waals surface area contributed by atoms with Crippen molar-refractivity contribution in [2.75, 3.05) is 6.26 Å².